The van der Waals surface area contributed by atoms with Crippen LogP contribution in [0.25, 0.3) is 0 Å². The second-order valence-electron chi connectivity index (χ2n) is 3.92. The molecule has 4 heteroatoms. The van der Waals surface area contributed by atoms with E-state index in [9.17, 15) is 0 Å². The first-order valence-electron chi connectivity index (χ1n) is 6.23. The van der Waals surface area contributed by atoms with E-state index < -0.39 is 0 Å². The highest BCUT2D eigenvalue weighted by Crippen LogP contribution is 2.21. The zero-order chi connectivity index (χ0) is 12.5. The molecule has 0 amide bonds. The van der Waals surface area contributed by atoms with Gasteiger partial charge in [-0.25, -0.2) is 4.98 Å². The third kappa shape index (κ3) is 5.39. The lowest BCUT2D eigenvalue weighted by Gasteiger charge is -2.12. The molecule has 1 aromatic rings. The normalized spacial score (nSPS) is 12.2. The van der Waals surface area contributed by atoms with Crippen molar-refractivity contribution in [2.45, 2.75) is 37.9 Å². The smallest absolute Gasteiger partial charge is 0.168 e. The fourth-order valence-electron chi connectivity index (χ4n) is 1.40. The van der Waals surface area contributed by atoms with Crippen molar-refractivity contribution in [3.05, 3.63) is 18.3 Å². The maximum atomic E-state index is 5.63. The number of alkyl halides is 1. The Morgan fingerprint density at radius 3 is 3.00 bits per heavy atom. The molecule has 0 radical (unpaired) electrons. The molecule has 0 saturated carbocycles. The largest absolute Gasteiger partial charge is 0.490 e. The first-order chi connectivity index (χ1) is 8.27. The van der Waals surface area contributed by atoms with E-state index in [0.29, 0.717) is 4.83 Å². The number of nitrogens with zero attached hydrogens (tertiary/aromatic N) is 1. The van der Waals surface area contributed by atoms with Crippen molar-refractivity contribution in [2.75, 3.05) is 18.5 Å². The summed E-state index contributed by atoms with van der Waals surface area (Å²) < 4.78 is 5.63. The van der Waals surface area contributed by atoms with Crippen LogP contribution in [0, 0.1) is 0 Å². The maximum Gasteiger partial charge on any atom is 0.168 e. The number of hydrogen-bond acceptors (Lipinski definition) is 3. The lowest BCUT2D eigenvalue weighted by molar-refractivity contribution is 0.318. The van der Waals surface area contributed by atoms with Gasteiger partial charge in [-0.2, -0.15) is 0 Å². The van der Waals surface area contributed by atoms with Gasteiger partial charge in [0.15, 0.2) is 11.6 Å². The number of rotatable bonds is 8. The first kappa shape index (κ1) is 14.3. The third-order valence-corrected chi connectivity index (χ3v) is 3.53. The summed E-state index contributed by atoms with van der Waals surface area (Å²) in [5, 5.41) is 3.32. The zero-order valence-corrected chi connectivity index (χ0v) is 12.2. The van der Waals surface area contributed by atoms with Gasteiger partial charge in [0.25, 0.3) is 0 Å². The SMILES string of the molecule is CCCOc1cccnc1NCCC(Br)CC. The van der Waals surface area contributed by atoms with Gasteiger partial charge in [-0.1, -0.05) is 29.8 Å². The number of hydrogen-bond donors (Lipinski definition) is 1. The zero-order valence-electron chi connectivity index (χ0n) is 10.6. The van der Waals surface area contributed by atoms with Gasteiger partial charge in [0.05, 0.1) is 6.61 Å². The van der Waals surface area contributed by atoms with Crippen molar-refractivity contribution in [1.29, 1.82) is 0 Å². The standard InChI is InChI=1S/C13H21BrN2O/c1-3-10-17-12-6-5-8-15-13(12)16-9-7-11(14)4-2/h5-6,8,11H,3-4,7,9-10H2,1-2H3,(H,15,16). The summed E-state index contributed by atoms with van der Waals surface area (Å²) in [5.41, 5.74) is 0. The number of pyridine rings is 1. The van der Waals surface area contributed by atoms with Gasteiger partial charge in [-0.3, -0.25) is 0 Å². The van der Waals surface area contributed by atoms with Crippen molar-refractivity contribution in [1.82, 2.24) is 4.98 Å². The molecule has 0 aliphatic rings. The molecule has 0 saturated heterocycles. The predicted octanol–water partition coefficient (Wildman–Crippen LogP) is 3.85. The summed E-state index contributed by atoms with van der Waals surface area (Å²) >= 11 is 3.62. The highest BCUT2D eigenvalue weighted by Gasteiger charge is 2.05. The van der Waals surface area contributed by atoms with Gasteiger partial charge in [0.2, 0.25) is 0 Å². The van der Waals surface area contributed by atoms with Gasteiger partial charge in [0.1, 0.15) is 0 Å². The molecule has 1 N–H and O–H groups in total. The first-order valence-corrected chi connectivity index (χ1v) is 7.15. The minimum Gasteiger partial charge on any atom is -0.490 e. The van der Waals surface area contributed by atoms with Gasteiger partial charge in [0, 0.05) is 17.6 Å². The highest BCUT2D eigenvalue weighted by molar-refractivity contribution is 9.09. The van der Waals surface area contributed by atoms with E-state index in [-0.39, 0.29) is 0 Å². The Balaban J connectivity index is 2.45. The molecule has 1 aromatic heterocycles. The molecule has 1 atom stereocenters. The molecule has 1 heterocycles. The van der Waals surface area contributed by atoms with Crippen LogP contribution in [-0.4, -0.2) is 23.0 Å². The Morgan fingerprint density at radius 1 is 1.47 bits per heavy atom. The predicted molar refractivity (Wildman–Crippen MR) is 76.1 cm³/mol. The summed E-state index contributed by atoms with van der Waals surface area (Å²) in [4.78, 5) is 4.87. The van der Waals surface area contributed by atoms with E-state index in [1.807, 2.05) is 12.1 Å². The van der Waals surface area contributed by atoms with Crippen molar-refractivity contribution in [2.24, 2.45) is 0 Å². The molecule has 0 aliphatic carbocycles. The van der Waals surface area contributed by atoms with Crippen LogP contribution in [0.4, 0.5) is 5.82 Å². The molecule has 96 valence electrons. The Labute approximate surface area is 112 Å². The fourth-order valence-corrected chi connectivity index (χ4v) is 1.63. The quantitative estimate of drug-likeness (QED) is 0.741. The van der Waals surface area contributed by atoms with Crippen LogP contribution in [-0.2, 0) is 0 Å². The van der Waals surface area contributed by atoms with E-state index in [4.69, 9.17) is 4.74 Å². The number of ether oxygens (including phenoxy) is 1. The Kier molecular flexibility index (Phi) is 7.01. The van der Waals surface area contributed by atoms with E-state index in [1.54, 1.807) is 6.20 Å². The second-order valence-corrected chi connectivity index (χ2v) is 5.21. The molecule has 1 unspecified atom stereocenters. The van der Waals surface area contributed by atoms with E-state index >= 15 is 0 Å². The summed E-state index contributed by atoms with van der Waals surface area (Å²) in [6, 6.07) is 3.85. The number of aromatic nitrogens is 1. The van der Waals surface area contributed by atoms with Crippen LogP contribution >= 0.6 is 15.9 Å². The molecule has 0 spiro atoms. The van der Waals surface area contributed by atoms with Gasteiger partial charge in [-0.15, -0.1) is 0 Å². The van der Waals surface area contributed by atoms with Crippen LogP contribution < -0.4 is 10.1 Å². The lowest BCUT2D eigenvalue weighted by atomic mass is 10.2. The molecule has 0 fully saturated rings. The monoisotopic (exact) mass is 300 g/mol. The van der Waals surface area contributed by atoms with Crippen LogP contribution in [0.5, 0.6) is 5.75 Å². The van der Waals surface area contributed by atoms with Crippen molar-refractivity contribution in [3.63, 3.8) is 0 Å². The third-order valence-electron chi connectivity index (χ3n) is 2.43. The number of anilines is 1. The number of nitrogens with one attached hydrogen (secondary N) is 1. The Morgan fingerprint density at radius 2 is 2.29 bits per heavy atom. The highest BCUT2D eigenvalue weighted by atomic mass is 79.9. The molecule has 1 rings (SSSR count). The van der Waals surface area contributed by atoms with E-state index in [2.05, 4.69) is 40.1 Å². The van der Waals surface area contributed by atoms with E-state index in [0.717, 1.165) is 44.0 Å². The van der Waals surface area contributed by atoms with E-state index in [1.165, 1.54) is 0 Å². The molecular weight excluding hydrogens is 280 g/mol. The van der Waals surface area contributed by atoms with Crippen LogP contribution in [0.2, 0.25) is 0 Å². The van der Waals surface area contributed by atoms with Gasteiger partial charge >= 0.3 is 0 Å². The lowest BCUT2D eigenvalue weighted by Crippen LogP contribution is -2.10. The minimum absolute atomic E-state index is 0.568. The Hall–Kier alpha value is -0.770. The fraction of sp³-hybridized carbons (Fsp3) is 0.615. The van der Waals surface area contributed by atoms with Crippen molar-refractivity contribution >= 4 is 21.7 Å². The summed E-state index contributed by atoms with van der Waals surface area (Å²) in [5.74, 6) is 1.69. The molecule has 0 aliphatic heterocycles. The minimum atomic E-state index is 0.568. The van der Waals surface area contributed by atoms with Gasteiger partial charge in [-0.05, 0) is 31.4 Å². The average molecular weight is 301 g/mol. The average Bonchev–Trinajstić information content (AvgIpc) is 2.37. The van der Waals surface area contributed by atoms with Crippen molar-refractivity contribution < 1.29 is 4.74 Å². The molecule has 0 aromatic carbocycles. The maximum absolute atomic E-state index is 5.63. The van der Waals surface area contributed by atoms with Crippen LogP contribution in [0.1, 0.15) is 33.1 Å². The van der Waals surface area contributed by atoms with Crippen molar-refractivity contribution in [3.8, 4) is 5.75 Å². The van der Waals surface area contributed by atoms with Crippen LogP contribution in [0.3, 0.4) is 0 Å². The summed E-state index contributed by atoms with van der Waals surface area (Å²) in [6.45, 7) is 5.91. The van der Waals surface area contributed by atoms with Crippen LogP contribution in [0.15, 0.2) is 18.3 Å². The molecule has 17 heavy (non-hydrogen) atoms. The summed E-state index contributed by atoms with van der Waals surface area (Å²) in [7, 11) is 0. The molecule has 3 nitrogen and oxygen atoms in total. The topological polar surface area (TPSA) is 34.1 Å². The number of halogens is 1. The Bertz CT molecular complexity index is 320. The second kappa shape index (κ2) is 8.34. The van der Waals surface area contributed by atoms with Gasteiger partial charge < -0.3 is 10.1 Å². The molecule has 0 bridgehead atoms. The summed E-state index contributed by atoms with van der Waals surface area (Å²) in [6.07, 6.45) is 5.02. The molecular formula is C13H21BrN2O.